The number of ether oxygens (including phenoxy) is 2. The molecule has 7 unspecified atom stereocenters. The summed E-state index contributed by atoms with van der Waals surface area (Å²) >= 11 is 0. The Bertz CT molecular complexity index is 1370. The lowest BCUT2D eigenvalue weighted by Gasteiger charge is -2.41. The van der Waals surface area contributed by atoms with Gasteiger partial charge in [-0.25, -0.2) is 4.57 Å². The van der Waals surface area contributed by atoms with E-state index >= 15 is 0 Å². The fourth-order valence-corrected chi connectivity index (χ4v) is 8.38. The molecule has 6 N–H and O–H groups in total. The Morgan fingerprint density at radius 1 is 0.492 bits per heavy atom. The third kappa shape index (κ3) is 32.8. The van der Waals surface area contributed by atoms with E-state index in [9.17, 15) is 44.6 Å². The van der Waals surface area contributed by atoms with Crippen LogP contribution in [0.5, 0.6) is 0 Å². The normalized spacial score (nSPS) is 21.9. The van der Waals surface area contributed by atoms with Crippen LogP contribution >= 0.6 is 7.82 Å². The number of aliphatic hydroxyl groups is 5. The minimum Gasteiger partial charge on any atom is -0.462 e. The number of phosphoric ester groups is 1. The lowest BCUT2D eigenvalue weighted by Crippen LogP contribution is -2.64. The number of hydrogen-bond acceptors (Lipinski definition) is 12. The molecule has 0 spiro atoms. The molecule has 13 nitrogen and oxygen atoms in total. The Morgan fingerprint density at radius 3 is 1.40 bits per heavy atom. The van der Waals surface area contributed by atoms with Gasteiger partial charge < -0.3 is 39.9 Å². The monoisotopic (exact) mass is 941 g/mol. The van der Waals surface area contributed by atoms with Crippen molar-refractivity contribution in [3.8, 4) is 0 Å². The first-order chi connectivity index (χ1) is 31.4. The number of esters is 2. The topological polar surface area (TPSA) is 210 Å². The van der Waals surface area contributed by atoms with Gasteiger partial charge in [0.05, 0.1) is 6.61 Å². The molecule has 0 aliphatic heterocycles. The van der Waals surface area contributed by atoms with E-state index in [0.717, 1.165) is 57.8 Å². The minimum absolute atomic E-state index is 0.0478. The number of allylic oxidation sites excluding steroid dienone is 10. The highest BCUT2D eigenvalue weighted by atomic mass is 31.2. The van der Waals surface area contributed by atoms with E-state index in [-0.39, 0.29) is 12.8 Å². The Kier molecular flexibility index (Phi) is 37.8. The molecule has 14 heteroatoms. The Hall–Kier alpha value is -2.45. The number of carbonyl (C=O) groups is 2. The number of hydrogen-bond donors (Lipinski definition) is 6. The molecule has 1 aliphatic rings. The van der Waals surface area contributed by atoms with Crippen molar-refractivity contribution >= 4 is 19.8 Å². The average molecular weight is 941 g/mol. The number of aliphatic hydroxyl groups excluding tert-OH is 5. The van der Waals surface area contributed by atoms with Gasteiger partial charge in [0.15, 0.2) is 6.10 Å². The first kappa shape index (κ1) is 60.6. The summed E-state index contributed by atoms with van der Waals surface area (Å²) < 4.78 is 33.5. The molecule has 376 valence electrons. The van der Waals surface area contributed by atoms with Crippen molar-refractivity contribution in [2.24, 2.45) is 0 Å². The molecule has 0 radical (unpaired) electrons. The Labute approximate surface area is 392 Å². The van der Waals surface area contributed by atoms with Crippen molar-refractivity contribution < 1.29 is 63.1 Å². The number of phosphoric acid groups is 1. The van der Waals surface area contributed by atoms with Gasteiger partial charge in [0, 0.05) is 12.8 Å². The number of carbonyl (C=O) groups excluding carboxylic acids is 2. The predicted molar refractivity (Wildman–Crippen MR) is 258 cm³/mol. The standard InChI is InChI=1S/C51H89O13P/c1-3-5-7-9-11-13-15-17-18-19-20-21-22-23-24-25-26-28-29-31-33-35-37-39-44(52)61-41-43(42-62-65(59,60)64-51-49(57)47(55)46(54)48(56)50(51)58)63-45(53)40-38-36-34-32-30-27-16-14-12-10-8-6-4-2/h6,8,10,12,14,16,23-24,27,30,43,46-51,54-58H,3-5,7,9,11,13,15,17-22,25-26,28-29,31-42H2,1-2H3,(H,59,60)/b8-6+,12-10+,16-14+,24-23+,30-27+/t43?,46?,47-,48?,49?,50?,51?/m0/s1. The van der Waals surface area contributed by atoms with Gasteiger partial charge in [-0.15, -0.1) is 0 Å². The van der Waals surface area contributed by atoms with Crippen molar-refractivity contribution in [1.82, 2.24) is 0 Å². The fraction of sp³-hybridized carbons (Fsp3) is 0.765. The smallest absolute Gasteiger partial charge is 0.462 e. The summed E-state index contributed by atoms with van der Waals surface area (Å²) in [6.07, 6.45) is 37.2. The molecule has 0 bridgehead atoms. The highest BCUT2D eigenvalue weighted by Crippen LogP contribution is 2.47. The quantitative estimate of drug-likeness (QED) is 0.0111. The molecule has 65 heavy (non-hydrogen) atoms. The van der Waals surface area contributed by atoms with Crippen LogP contribution in [0, 0.1) is 0 Å². The fourth-order valence-electron chi connectivity index (χ4n) is 7.41. The van der Waals surface area contributed by atoms with Gasteiger partial charge >= 0.3 is 19.8 Å². The van der Waals surface area contributed by atoms with Crippen LogP contribution in [0.15, 0.2) is 60.8 Å². The molecule has 1 fully saturated rings. The van der Waals surface area contributed by atoms with Crippen molar-refractivity contribution in [3.05, 3.63) is 60.8 Å². The van der Waals surface area contributed by atoms with E-state index < -0.39 is 75.7 Å². The van der Waals surface area contributed by atoms with Gasteiger partial charge in [-0.2, -0.15) is 0 Å². The second kappa shape index (κ2) is 40.6. The van der Waals surface area contributed by atoms with E-state index in [0.29, 0.717) is 12.8 Å². The van der Waals surface area contributed by atoms with Crippen LogP contribution in [-0.4, -0.2) is 98.3 Å². The zero-order valence-corrected chi connectivity index (χ0v) is 40.9. The van der Waals surface area contributed by atoms with E-state index in [4.69, 9.17) is 18.5 Å². The molecule has 0 aromatic heterocycles. The van der Waals surface area contributed by atoms with Gasteiger partial charge in [-0.05, 0) is 57.8 Å². The summed E-state index contributed by atoms with van der Waals surface area (Å²) in [5.74, 6) is -1.15. The van der Waals surface area contributed by atoms with E-state index in [1.807, 2.05) is 42.5 Å². The molecule has 8 atom stereocenters. The lowest BCUT2D eigenvalue weighted by atomic mass is 9.85. The summed E-state index contributed by atoms with van der Waals surface area (Å²) in [6.45, 7) is 3.13. The first-order valence-corrected chi connectivity index (χ1v) is 26.6. The van der Waals surface area contributed by atoms with Crippen LogP contribution < -0.4 is 0 Å². The maximum atomic E-state index is 12.8. The highest BCUT2D eigenvalue weighted by Gasteiger charge is 2.51. The van der Waals surface area contributed by atoms with Crippen molar-refractivity contribution in [1.29, 1.82) is 0 Å². The third-order valence-corrected chi connectivity index (χ3v) is 12.4. The second-order valence-electron chi connectivity index (χ2n) is 17.4. The maximum absolute atomic E-state index is 12.8. The van der Waals surface area contributed by atoms with Gasteiger partial charge in [0.25, 0.3) is 0 Å². The lowest BCUT2D eigenvalue weighted by molar-refractivity contribution is -0.220. The van der Waals surface area contributed by atoms with Crippen LogP contribution in [0.2, 0.25) is 0 Å². The Morgan fingerprint density at radius 2 is 0.892 bits per heavy atom. The summed E-state index contributed by atoms with van der Waals surface area (Å²) in [6, 6.07) is 0. The van der Waals surface area contributed by atoms with Crippen LogP contribution in [-0.2, 0) is 32.7 Å². The summed E-state index contributed by atoms with van der Waals surface area (Å²) in [5.41, 5.74) is 0. The summed E-state index contributed by atoms with van der Waals surface area (Å²) in [7, 11) is -5.13. The molecule has 0 heterocycles. The van der Waals surface area contributed by atoms with Gasteiger partial charge in [-0.3, -0.25) is 18.6 Å². The van der Waals surface area contributed by atoms with Crippen molar-refractivity contribution in [3.63, 3.8) is 0 Å². The number of rotatable bonds is 41. The van der Waals surface area contributed by atoms with E-state index in [2.05, 4.69) is 32.1 Å². The van der Waals surface area contributed by atoms with Crippen LogP contribution in [0.1, 0.15) is 194 Å². The van der Waals surface area contributed by atoms with Crippen LogP contribution in [0.4, 0.5) is 0 Å². The van der Waals surface area contributed by atoms with E-state index in [1.165, 1.54) is 96.3 Å². The van der Waals surface area contributed by atoms with Gasteiger partial charge in [0.2, 0.25) is 0 Å². The zero-order chi connectivity index (χ0) is 47.8. The SMILES string of the molecule is CC/C=C/C=C/C=C/C=C/CCCCCC(=O)OC(COC(=O)CCCCCCCCC/C=C/CCCCCCCCCCCCCC)COP(=O)(O)OC1C(O)C(O)C(O)[C@H](O)C1O. The molecule has 1 saturated carbocycles. The second-order valence-corrected chi connectivity index (χ2v) is 18.8. The van der Waals surface area contributed by atoms with Gasteiger partial charge in [-0.1, -0.05) is 184 Å². The van der Waals surface area contributed by atoms with Crippen LogP contribution in [0.3, 0.4) is 0 Å². The van der Waals surface area contributed by atoms with Crippen molar-refractivity contribution in [2.75, 3.05) is 13.2 Å². The first-order valence-electron chi connectivity index (χ1n) is 25.1. The minimum atomic E-state index is -5.13. The largest absolute Gasteiger partial charge is 0.472 e. The average Bonchev–Trinajstić information content (AvgIpc) is 3.29. The molecule has 0 aromatic rings. The van der Waals surface area contributed by atoms with Gasteiger partial charge in [0.1, 0.15) is 43.2 Å². The molecule has 0 saturated heterocycles. The van der Waals surface area contributed by atoms with Crippen LogP contribution in [0.25, 0.3) is 0 Å². The number of unbranched alkanes of at least 4 members (excludes halogenated alkanes) is 22. The zero-order valence-electron chi connectivity index (χ0n) is 40.0. The third-order valence-electron chi connectivity index (χ3n) is 11.4. The maximum Gasteiger partial charge on any atom is 0.472 e. The molecule has 0 amide bonds. The van der Waals surface area contributed by atoms with Crippen molar-refractivity contribution in [2.45, 2.75) is 236 Å². The molecular formula is C51H89O13P. The molecular weight excluding hydrogens is 852 g/mol. The van der Waals surface area contributed by atoms with E-state index in [1.54, 1.807) is 0 Å². The molecule has 0 aromatic carbocycles. The summed E-state index contributed by atoms with van der Waals surface area (Å²) in [4.78, 5) is 35.7. The predicted octanol–water partition coefficient (Wildman–Crippen LogP) is 10.5. The summed E-state index contributed by atoms with van der Waals surface area (Å²) in [5, 5.41) is 50.2. The molecule has 1 rings (SSSR count). The molecule has 1 aliphatic carbocycles. The Balaban J connectivity index is 2.38. The highest BCUT2D eigenvalue weighted by molar-refractivity contribution is 7.47.